The van der Waals surface area contributed by atoms with Crippen molar-refractivity contribution in [3.05, 3.63) is 47.5 Å². The van der Waals surface area contributed by atoms with E-state index in [-0.39, 0.29) is 5.82 Å². The molecule has 0 fully saturated rings. The molecule has 1 aliphatic rings. The van der Waals surface area contributed by atoms with Gasteiger partial charge in [0, 0.05) is 19.3 Å². The van der Waals surface area contributed by atoms with Crippen LogP contribution in [0.3, 0.4) is 0 Å². The monoisotopic (exact) mass is 244 g/mol. The van der Waals surface area contributed by atoms with Crippen molar-refractivity contribution in [2.45, 2.75) is 13.0 Å². The maximum absolute atomic E-state index is 13.3. The smallest absolute Gasteiger partial charge is 0.230 e. The molecule has 2 N–H and O–H groups in total. The fraction of sp³-hybridized carbons (Fsp3) is 0.231. The van der Waals surface area contributed by atoms with Gasteiger partial charge in [0.05, 0.1) is 11.4 Å². The molecule has 0 atom stereocenters. The van der Waals surface area contributed by atoms with E-state index in [0.717, 1.165) is 29.9 Å². The highest BCUT2D eigenvalue weighted by atomic mass is 19.1. The van der Waals surface area contributed by atoms with Crippen molar-refractivity contribution in [3.8, 4) is 0 Å². The summed E-state index contributed by atoms with van der Waals surface area (Å²) in [5.41, 5.74) is 8.32. The number of nitrogens with zero attached hydrogens (tertiary/aromatic N) is 3. The lowest BCUT2D eigenvalue weighted by molar-refractivity contribution is 0.628. The second kappa shape index (κ2) is 4.34. The van der Waals surface area contributed by atoms with Gasteiger partial charge in [0.25, 0.3) is 0 Å². The lowest BCUT2D eigenvalue weighted by atomic mass is 10.2. The second-order valence-electron chi connectivity index (χ2n) is 4.23. The highest BCUT2D eigenvalue weighted by Crippen LogP contribution is 2.32. The number of rotatable bonds is 2. The first-order valence-corrected chi connectivity index (χ1v) is 5.86. The summed E-state index contributed by atoms with van der Waals surface area (Å²) in [6, 6.07) is 6.61. The molecule has 2 heterocycles. The van der Waals surface area contributed by atoms with Crippen molar-refractivity contribution < 1.29 is 4.39 Å². The molecule has 2 aromatic rings. The van der Waals surface area contributed by atoms with Crippen LogP contribution in [0, 0.1) is 5.82 Å². The SMILES string of the molecule is NCc1ccnc(N2CCc3ccc(F)cc32)n1. The first kappa shape index (κ1) is 11.1. The summed E-state index contributed by atoms with van der Waals surface area (Å²) >= 11 is 0. The van der Waals surface area contributed by atoms with Gasteiger partial charge >= 0.3 is 0 Å². The molecular weight excluding hydrogens is 231 g/mol. The Morgan fingerprint density at radius 2 is 2.22 bits per heavy atom. The van der Waals surface area contributed by atoms with Gasteiger partial charge < -0.3 is 10.6 Å². The third kappa shape index (κ3) is 1.82. The van der Waals surface area contributed by atoms with Crippen LogP contribution in [-0.2, 0) is 13.0 Å². The average Bonchev–Trinajstić information content (AvgIpc) is 2.81. The molecule has 0 saturated heterocycles. The fourth-order valence-corrected chi connectivity index (χ4v) is 2.19. The molecule has 18 heavy (non-hydrogen) atoms. The predicted octanol–water partition coefficient (Wildman–Crippen LogP) is 1.77. The summed E-state index contributed by atoms with van der Waals surface area (Å²) in [5, 5.41) is 0. The van der Waals surface area contributed by atoms with Crippen LogP contribution in [0.1, 0.15) is 11.3 Å². The van der Waals surface area contributed by atoms with E-state index in [1.54, 1.807) is 12.3 Å². The molecule has 1 aromatic heterocycles. The van der Waals surface area contributed by atoms with Crippen LogP contribution >= 0.6 is 0 Å². The summed E-state index contributed by atoms with van der Waals surface area (Å²) in [5.74, 6) is 0.345. The van der Waals surface area contributed by atoms with E-state index in [2.05, 4.69) is 9.97 Å². The second-order valence-corrected chi connectivity index (χ2v) is 4.23. The number of hydrogen-bond acceptors (Lipinski definition) is 4. The zero-order valence-electron chi connectivity index (χ0n) is 9.81. The van der Waals surface area contributed by atoms with Gasteiger partial charge in [-0.15, -0.1) is 0 Å². The van der Waals surface area contributed by atoms with Gasteiger partial charge in [0.1, 0.15) is 5.82 Å². The van der Waals surface area contributed by atoms with Crippen LogP contribution in [0.2, 0.25) is 0 Å². The Morgan fingerprint density at radius 3 is 3.06 bits per heavy atom. The molecule has 1 aromatic carbocycles. The molecule has 4 nitrogen and oxygen atoms in total. The molecular formula is C13H13FN4. The Hall–Kier alpha value is -2.01. The number of hydrogen-bond donors (Lipinski definition) is 1. The zero-order valence-corrected chi connectivity index (χ0v) is 9.81. The molecule has 1 aliphatic heterocycles. The Bertz CT molecular complexity index is 585. The van der Waals surface area contributed by atoms with E-state index in [1.165, 1.54) is 12.1 Å². The minimum absolute atomic E-state index is 0.240. The lowest BCUT2D eigenvalue weighted by Crippen LogP contribution is -2.17. The van der Waals surface area contributed by atoms with Crippen LogP contribution in [-0.4, -0.2) is 16.5 Å². The van der Waals surface area contributed by atoms with Crippen LogP contribution in [0.5, 0.6) is 0 Å². The summed E-state index contributed by atoms with van der Waals surface area (Å²) < 4.78 is 13.3. The first-order valence-electron chi connectivity index (χ1n) is 5.86. The third-order valence-corrected chi connectivity index (χ3v) is 3.09. The molecule has 0 unspecified atom stereocenters. The lowest BCUT2D eigenvalue weighted by Gasteiger charge is -2.17. The molecule has 3 rings (SSSR count). The maximum Gasteiger partial charge on any atom is 0.230 e. The first-order chi connectivity index (χ1) is 8.78. The number of aromatic nitrogens is 2. The van der Waals surface area contributed by atoms with Crippen LogP contribution in [0.4, 0.5) is 16.0 Å². The maximum atomic E-state index is 13.3. The molecule has 0 bridgehead atoms. The van der Waals surface area contributed by atoms with Gasteiger partial charge in [0.2, 0.25) is 5.95 Å². The van der Waals surface area contributed by atoms with E-state index in [1.807, 2.05) is 11.0 Å². The molecule has 0 spiro atoms. The summed E-state index contributed by atoms with van der Waals surface area (Å²) in [7, 11) is 0. The standard InChI is InChI=1S/C13H13FN4/c14-10-2-1-9-4-6-18(12(9)7-10)13-16-5-3-11(8-15)17-13/h1-3,5,7H,4,6,8,15H2. The van der Waals surface area contributed by atoms with Crippen LogP contribution in [0.15, 0.2) is 30.5 Å². The van der Waals surface area contributed by atoms with Gasteiger partial charge in [-0.05, 0) is 30.2 Å². The van der Waals surface area contributed by atoms with Gasteiger partial charge in [0.15, 0.2) is 0 Å². The van der Waals surface area contributed by atoms with E-state index >= 15 is 0 Å². The van der Waals surface area contributed by atoms with Crippen LogP contribution in [0.25, 0.3) is 0 Å². The van der Waals surface area contributed by atoms with Gasteiger partial charge in [-0.25, -0.2) is 14.4 Å². The molecule has 0 aliphatic carbocycles. The van der Waals surface area contributed by atoms with E-state index in [9.17, 15) is 4.39 Å². The van der Waals surface area contributed by atoms with E-state index in [0.29, 0.717) is 12.5 Å². The van der Waals surface area contributed by atoms with Crippen molar-refractivity contribution >= 4 is 11.6 Å². The quantitative estimate of drug-likeness (QED) is 0.874. The summed E-state index contributed by atoms with van der Waals surface area (Å²) in [6.07, 6.45) is 2.56. The van der Waals surface area contributed by atoms with Crippen molar-refractivity contribution in [3.63, 3.8) is 0 Å². The Labute approximate surface area is 104 Å². The minimum atomic E-state index is -0.240. The van der Waals surface area contributed by atoms with Crippen molar-refractivity contribution in [2.75, 3.05) is 11.4 Å². The number of benzene rings is 1. The largest absolute Gasteiger partial charge is 0.325 e. The molecule has 0 amide bonds. The normalized spacial score (nSPS) is 13.8. The Kier molecular flexibility index (Phi) is 2.68. The Morgan fingerprint density at radius 1 is 1.33 bits per heavy atom. The third-order valence-electron chi connectivity index (χ3n) is 3.09. The summed E-state index contributed by atoms with van der Waals surface area (Å²) in [4.78, 5) is 10.5. The fourth-order valence-electron chi connectivity index (χ4n) is 2.19. The van der Waals surface area contributed by atoms with Gasteiger partial charge in [-0.3, -0.25) is 0 Å². The number of halogens is 1. The molecule has 0 radical (unpaired) electrons. The van der Waals surface area contributed by atoms with Gasteiger partial charge in [-0.2, -0.15) is 0 Å². The minimum Gasteiger partial charge on any atom is -0.325 e. The zero-order chi connectivity index (χ0) is 12.5. The van der Waals surface area contributed by atoms with Crippen molar-refractivity contribution in [2.24, 2.45) is 5.73 Å². The summed E-state index contributed by atoms with van der Waals surface area (Å²) in [6.45, 7) is 1.15. The highest BCUT2D eigenvalue weighted by molar-refractivity contribution is 5.65. The average molecular weight is 244 g/mol. The highest BCUT2D eigenvalue weighted by Gasteiger charge is 2.22. The van der Waals surface area contributed by atoms with Crippen molar-refractivity contribution in [1.82, 2.24) is 9.97 Å². The predicted molar refractivity (Wildman–Crippen MR) is 67.0 cm³/mol. The van der Waals surface area contributed by atoms with Crippen LogP contribution < -0.4 is 10.6 Å². The van der Waals surface area contributed by atoms with E-state index in [4.69, 9.17) is 5.73 Å². The van der Waals surface area contributed by atoms with E-state index < -0.39 is 0 Å². The number of nitrogens with two attached hydrogens (primary N) is 1. The number of fused-ring (bicyclic) bond motifs is 1. The van der Waals surface area contributed by atoms with Gasteiger partial charge in [-0.1, -0.05) is 6.07 Å². The molecule has 92 valence electrons. The number of anilines is 2. The topological polar surface area (TPSA) is 55.0 Å². The Balaban J connectivity index is 2.02. The molecule has 0 saturated carbocycles. The molecule has 5 heteroatoms. The van der Waals surface area contributed by atoms with Crippen molar-refractivity contribution in [1.29, 1.82) is 0 Å².